The minimum Gasteiger partial charge on any atom is -0.378 e. The maximum atomic E-state index is 12.4. The molecular formula is C19H26N2O2. The topological polar surface area (TPSA) is 54.1 Å². The number of pyridine rings is 1. The van der Waals surface area contributed by atoms with Gasteiger partial charge in [-0.05, 0) is 57.2 Å². The zero-order valence-electron chi connectivity index (χ0n) is 14.1. The van der Waals surface area contributed by atoms with Gasteiger partial charge in [0.15, 0.2) is 5.43 Å². The molecule has 1 saturated heterocycles. The summed E-state index contributed by atoms with van der Waals surface area (Å²) in [7, 11) is 0. The number of aromatic amines is 1. The van der Waals surface area contributed by atoms with Crippen LogP contribution in [0, 0.1) is 13.8 Å². The molecule has 0 radical (unpaired) electrons. The summed E-state index contributed by atoms with van der Waals surface area (Å²) in [5, 5.41) is 4.23. The molecule has 4 heteroatoms. The molecular weight excluding hydrogens is 288 g/mol. The Morgan fingerprint density at radius 1 is 1.26 bits per heavy atom. The largest absolute Gasteiger partial charge is 0.378 e. The van der Waals surface area contributed by atoms with Gasteiger partial charge in [-0.1, -0.05) is 12.1 Å². The highest BCUT2D eigenvalue weighted by Gasteiger charge is 2.13. The molecule has 1 aromatic heterocycles. The fourth-order valence-electron chi connectivity index (χ4n) is 3.33. The number of aromatic nitrogens is 1. The quantitative estimate of drug-likeness (QED) is 0.833. The second-order valence-electron chi connectivity index (χ2n) is 6.56. The van der Waals surface area contributed by atoms with Gasteiger partial charge < -0.3 is 15.0 Å². The SMILES string of the molecule is Cc1ccc(C)c2c(=O)cc(CNCCC3CCCCO3)[nH]c12. The normalized spacial score (nSPS) is 18.4. The van der Waals surface area contributed by atoms with Crippen LogP contribution in [0.1, 0.15) is 42.5 Å². The van der Waals surface area contributed by atoms with Crippen molar-refractivity contribution in [3.63, 3.8) is 0 Å². The summed E-state index contributed by atoms with van der Waals surface area (Å²) >= 11 is 0. The summed E-state index contributed by atoms with van der Waals surface area (Å²) in [5.74, 6) is 0. The number of rotatable bonds is 5. The highest BCUT2D eigenvalue weighted by atomic mass is 16.5. The maximum Gasteiger partial charge on any atom is 0.189 e. The van der Waals surface area contributed by atoms with Gasteiger partial charge in [-0.25, -0.2) is 0 Å². The van der Waals surface area contributed by atoms with Gasteiger partial charge >= 0.3 is 0 Å². The Hall–Kier alpha value is -1.65. The Balaban J connectivity index is 1.64. The minimum atomic E-state index is 0.104. The van der Waals surface area contributed by atoms with E-state index in [2.05, 4.69) is 16.4 Å². The van der Waals surface area contributed by atoms with Gasteiger partial charge in [0.2, 0.25) is 0 Å². The zero-order chi connectivity index (χ0) is 16.2. The Kier molecular flexibility index (Phi) is 5.13. The molecule has 1 atom stereocenters. The molecule has 2 N–H and O–H groups in total. The van der Waals surface area contributed by atoms with E-state index in [-0.39, 0.29) is 5.43 Å². The molecule has 0 saturated carbocycles. The lowest BCUT2D eigenvalue weighted by Gasteiger charge is -2.22. The molecule has 2 heterocycles. The lowest BCUT2D eigenvalue weighted by atomic mass is 10.0. The van der Waals surface area contributed by atoms with E-state index in [9.17, 15) is 4.79 Å². The average Bonchev–Trinajstić information content (AvgIpc) is 2.56. The number of H-pyrrole nitrogens is 1. The van der Waals surface area contributed by atoms with E-state index in [1.165, 1.54) is 19.3 Å². The number of benzene rings is 1. The third-order valence-electron chi connectivity index (χ3n) is 4.69. The summed E-state index contributed by atoms with van der Waals surface area (Å²) in [6.45, 7) is 6.53. The molecule has 1 aromatic carbocycles. The van der Waals surface area contributed by atoms with E-state index >= 15 is 0 Å². The second kappa shape index (κ2) is 7.28. The van der Waals surface area contributed by atoms with Gasteiger partial charge in [-0.2, -0.15) is 0 Å². The van der Waals surface area contributed by atoms with Crippen LogP contribution in [0.2, 0.25) is 0 Å². The number of fused-ring (bicyclic) bond motifs is 1. The highest BCUT2D eigenvalue weighted by Crippen LogP contribution is 2.17. The van der Waals surface area contributed by atoms with Crippen LogP contribution in [0.25, 0.3) is 10.9 Å². The lowest BCUT2D eigenvalue weighted by Crippen LogP contribution is -2.25. The van der Waals surface area contributed by atoms with Crippen molar-refractivity contribution in [2.24, 2.45) is 0 Å². The average molecular weight is 314 g/mol. The van der Waals surface area contributed by atoms with E-state index in [4.69, 9.17) is 4.74 Å². The molecule has 1 fully saturated rings. The third-order valence-corrected chi connectivity index (χ3v) is 4.69. The lowest BCUT2D eigenvalue weighted by molar-refractivity contribution is 0.0115. The van der Waals surface area contributed by atoms with E-state index in [0.29, 0.717) is 12.6 Å². The van der Waals surface area contributed by atoms with E-state index in [0.717, 1.165) is 47.3 Å². The van der Waals surface area contributed by atoms with Crippen LogP contribution in [-0.2, 0) is 11.3 Å². The molecule has 1 unspecified atom stereocenters. The molecule has 3 rings (SSSR count). The number of ether oxygens (including phenoxy) is 1. The van der Waals surface area contributed by atoms with Gasteiger partial charge in [0.05, 0.1) is 11.6 Å². The summed E-state index contributed by atoms with van der Waals surface area (Å²) in [6.07, 6.45) is 5.09. The molecule has 0 amide bonds. The van der Waals surface area contributed by atoms with E-state index < -0.39 is 0 Å². The molecule has 0 aliphatic carbocycles. The summed E-state index contributed by atoms with van der Waals surface area (Å²) in [4.78, 5) is 15.8. The van der Waals surface area contributed by atoms with Crippen molar-refractivity contribution in [1.82, 2.24) is 10.3 Å². The van der Waals surface area contributed by atoms with Crippen LogP contribution in [0.4, 0.5) is 0 Å². The number of aryl methyl sites for hydroxylation is 2. The Morgan fingerprint density at radius 3 is 2.87 bits per heavy atom. The molecule has 23 heavy (non-hydrogen) atoms. The number of nitrogens with one attached hydrogen (secondary N) is 2. The fourth-order valence-corrected chi connectivity index (χ4v) is 3.33. The predicted molar refractivity (Wildman–Crippen MR) is 94.0 cm³/mol. The first-order valence-corrected chi connectivity index (χ1v) is 8.59. The highest BCUT2D eigenvalue weighted by molar-refractivity contribution is 5.84. The van der Waals surface area contributed by atoms with Crippen LogP contribution in [0.15, 0.2) is 23.0 Å². The van der Waals surface area contributed by atoms with Crippen molar-refractivity contribution >= 4 is 10.9 Å². The smallest absolute Gasteiger partial charge is 0.189 e. The Labute approximate surface area is 137 Å². The van der Waals surface area contributed by atoms with Crippen molar-refractivity contribution in [1.29, 1.82) is 0 Å². The number of hydrogen-bond donors (Lipinski definition) is 2. The summed E-state index contributed by atoms with van der Waals surface area (Å²) in [6, 6.07) is 5.79. The molecule has 0 bridgehead atoms. The van der Waals surface area contributed by atoms with Gasteiger partial charge in [-0.3, -0.25) is 4.79 Å². The van der Waals surface area contributed by atoms with Crippen molar-refractivity contribution in [3.8, 4) is 0 Å². The van der Waals surface area contributed by atoms with Gasteiger partial charge in [0, 0.05) is 30.3 Å². The van der Waals surface area contributed by atoms with Crippen LogP contribution in [-0.4, -0.2) is 24.2 Å². The Bertz CT molecular complexity index is 730. The zero-order valence-corrected chi connectivity index (χ0v) is 14.1. The molecule has 1 aliphatic heterocycles. The van der Waals surface area contributed by atoms with E-state index in [1.807, 2.05) is 19.9 Å². The first kappa shape index (κ1) is 16.2. The molecule has 1 aliphatic rings. The predicted octanol–water partition coefficient (Wildman–Crippen LogP) is 3.19. The van der Waals surface area contributed by atoms with Crippen molar-refractivity contribution in [2.45, 2.75) is 52.2 Å². The van der Waals surface area contributed by atoms with Crippen LogP contribution in [0.5, 0.6) is 0 Å². The second-order valence-corrected chi connectivity index (χ2v) is 6.56. The third kappa shape index (κ3) is 3.82. The molecule has 0 spiro atoms. The summed E-state index contributed by atoms with van der Waals surface area (Å²) < 4.78 is 5.74. The summed E-state index contributed by atoms with van der Waals surface area (Å²) in [5.41, 5.74) is 4.15. The number of hydrogen-bond acceptors (Lipinski definition) is 3. The minimum absolute atomic E-state index is 0.104. The van der Waals surface area contributed by atoms with Crippen LogP contribution >= 0.6 is 0 Å². The first-order chi connectivity index (χ1) is 11.1. The van der Waals surface area contributed by atoms with Crippen molar-refractivity contribution < 1.29 is 4.74 Å². The van der Waals surface area contributed by atoms with Crippen LogP contribution < -0.4 is 10.7 Å². The molecule has 124 valence electrons. The van der Waals surface area contributed by atoms with Crippen LogP contribution in [0.3, 0.4) is 0 Å². The molecule has 4 nitrogen and oxygen atoms in total. The standard InChI is InChI=1S/C19H26N2O2/c1-13-6-7-14(2)19-18(13)17(22)11-15(21-19)12-20-9-8-16-5-3-4-10-23-16/h6-7,11,16,20H,3-5,8-10,12H2,1-2H3,(H,21,22). The van der Waals surface area contributed by atoms with Gasteiger partial charge in [0.25, 0.3) is 0 Å². The van der Waals surface area contributed by atoms with E-state index in [1.54, 1.807) is 6.07 Å². The van der Waals surface area contributed by atoms with Crippen molar-refractivity contribution in [3.05, 3.63) is 45.2 Å². The first-order valence-electron chi connectivity index (χ1n) is 8.59. The molecule has 2 aromatic rings. The maximum absolute atomic E-state index is 12.4. The Morgan fingerprint density at radius 2 is 2.09 bits per heavy atom. The van der Waals surface area contributed by atoms with Crippen molar-refractivity contribution in [2.75, 3.05) is 13.2 Å². The monoisotopic (exact) mass is 314 g/mol. The van der Waals surface area contributed by atoms with Gasteiger partial charge in [-0.15, -0.1) is 0 Å². The van der Waals surface area contributed by atoms with Gasteiger partial charge in [0.1, 0.15) is 0 Å². The fraction of sp³-hybridized carbons (Fsp3) is 0.526.